The lowest BCUT2D eigenvalue weighted by Crippen LogP contribution is -2.56. The lowest BCUT2D eigenvalue weighted by atomic mass is 9.91. The minimum atomic E-state index is 0.305. The molecule has 2 aromatic carbocycles. The average molecular weight is 467 g/mol. The predicted molar refractivity (Wildman–Crippen MR) is 136 cm³/mol. The van der Waals surface area contributed by atoms with E-state index < -0.39 is 0 Å². The number of carbonyl (C=O) groups is 1. The van der Waals surface area contributed by atoms with E-state index in [9.17, 15) is 4.79 Å². The average Bonchev–Trinajstić information content (AvgIpc) is 2.81. The molecule has 3 fully saturated rings. The zero-order valence-electron chi connectivity index (χ0n) is 19.7. The highest BCUT2D eigenvalue weighted by atomic mass is 35.5. The number of piperazine rings is 2. The van der Waals surface area contributed by atoms with Crippen LogP contribution in [0.15, 0.2) is 42.5 Å². The van der Waals surface area contributed by atoms with Gasteiger partial charge in [-0.05, 0) is 60.7 Å². The maximum atomic E-state index is 12.8. The maximum Gasteiger partial charge on any atom is 0.236 e. The van der Waals surface area contributed by atoms with Crippen molar-refractivity contribution < 1.29 is 4.79 Å². The molecule has 0 radical (unpaired) electrons. The van der Waals surface area contributed by atoms with E-state index in [1.165, 1.54) is 36.1 Å². The van der Waals surface area contributed by atoms with E-state index in [2.05, 4.69) is 56.0 Å². The molecule has 0 N–H and O–H groups in total. The van der Waals surface area contributed by atoms with E-state index >= 15 is 0 Å². The third kappa shape index (κ3) is 5.21. The van der Waals surface area contributed by atoms with E-state index in [-0.39, 0.29) is 0 Å². The molecule has 1 amide bonds. The topological polar surface area (TPSA) is 30.0 Å². The van der Waals surface area contributed by atoms with Gasteiger partial charge in [-0.3, -0.25) is 14.6 Å². The Balaban J connectivity index is 1.09. The molecule has 2 aliphatic heterocycles. The molecular formula is C27H35ClN4O. The molecule has 0 aromatic heterocycles. The molecule has 6 heteroatoms. The van der Waals surface area contributed by atoms with Crippen molar-refractivity contribution in [2.45, 2.75) is 32.2 Å². The summed E-state index contributed by atoms with van der Waals surface area (Å²) in [6.07, 6.45) is 4.07. The van der Waals surface area contributed by atoms with Crippen LogP contribution in [0.5, 0.6) is 0 Å². The van der Waals surface area contributed by atoms with Crippen molar-refractivity contribution in [2.24, 2.45) is 0 Å². The molecule has 5 nitrogen and oxygen atoms in total. The summed E-state index contributed by atoms with van der Waals surface area (Å²) in [4.78, 5) is 22.3. The van der Waals surface area contributed by atoms with Gasteiger partial charge in [0, 0.05) is 69.1 Å². The number of hydrogen-bond acceptors (Lipinski definition) is 4. The number of halogens is 1. The van der Waals surface area contributed by atoms with Gasteiger partial charge in [-0.2, -0.15) is 0 Å². The third-order valence-electron chi connectivity index (χ3n) is 7.71. The Morgan fingerprint density at radius 2 is 1.55 bits per heavy atom. The first-order valence-electron chi connectivity index (χ1n) is 12.4. The normalized spacial score (nSPS) is 20.7. The zero-order chi connectivity index (χ0) is 22.8. The predicted octanol–water partition coefficient (Wildman–Crippen LogP) is 4.13. The number of aryl methyl sites for hydroxylation is 1. The van der Waals surface area contributed by atoms with Gasteiger partial charge in [0.25, 0.3) is 0 Å². The van der Waals surface area contributed by atoms with Crippen LogP contribution < -0.4 is 4.90 Å². The molecule has 5 rings (SSSR count). The Kier molecular flexibility index (Phi) is 6.91. The summed E-state index contributed by atoms with van der Waals surface area (Å²) < 4.78 is 0. The van der Waals surface area contributed by atoms with Gasteiger partial charge in [0.2, 0.25) is 5.91 Å². The molecule has 1 aliphatic carbocycles. The Bertz CT molecular complexity index is 959. The number of benzene rings is 2. The Labute approximate surface area is 202 Å². The highest BCUT2D eigenvalue weighted by Gasteiger charge is 2.30. The summed E-state index contributed by atoms with van der Waals surface area (Å²) in [6.45, 7) is 10.3. The molecule has 33 heavy (non-hydrogen) atoms. The van der Waals surface area contributed by atoms with Crippen molar-refractivity contribution in [3.8, 4) is 11.1 Å². The molecule has 0 unspecified atom stereocenters. The summed E-state index contributed by atoms with van der Waals surface area (Å²) in [5, 5.41) is 0.808. The van der Waals surface area contributed by atoms with Gasteiger partial charge in [0.1, 0.15) is 0 Å². The summed E-state index contributed by atoms with van der Waals surface area (Å²) in [7, 11) is 0. The molecule has 0 spiro atoms. The standard InChI is InChI=1S/C27H35ClN4O/c1-21-19-23(7-10-26(21)28)22-5-8-25(9-6-22)30-13-11-29(12-14-30)20-27(33)32-17-15-31(16-18-32)24-3-2-4-24/h5-10,19,24H,2-4,11-18,20H2,1H3. The third-order valence-corrected chi connectivity index (χ3v) is 8.14. The van der Waals surface area contributed by atoms with Gasteiger partial charge >= 0.3 is 0 Å². The lowest BCUT2D eigenvalue weighted by molar-refractivity contribution is -0.134. The zero-order valence-corrected chi connectivity index (χ0v) is 20.4. The highest BCUT2D eigenvalue weighted by molar-refractivity contribution is 6.31. The van der Waals surface area contributed by atoms with E-state index in [1.807, 2.05) is 13.0 Å². The SMILES string of the molecule is Cc1cc(-c2ccc(N3CCN(CC(=O)N4CCN(C5CCC5)CC4)CC3)cc2)ccc1Cl. The summed E-state index contributed by atoms with van der Waals surface area (Å²) in [5.41, 5.74) is 4.76. The molecule has 1 saturated carbocycles. The Hall–Kier alpha value is -2.08. The molecule has 2 saturated heterocycles. The summed E-state index contributed by atoms with van der Waals surface area (Å²) in [6, 6.07) is 15.8. The Morgan fingerprint density at radius 3 is 2.15 bits per heavy atom. The first-order chi connectivity index (χ1) is 16.1. The maximum absolute atomic E-state index is 12.8. The largest absolute Gasteiger partial charge is 0.369 e. The number of rotatable bonds is 5. The van der Waals surface area contributed by atoms with Crippen LogP contribution in [0, 0.1) is 6.92 Å². The van der Waals surface area contributed by atoms with Gasteiger partial charge in [-0.15, -0.1) is 0 Å². The second kappa shape index (κ2) is 10.0. The van der Waals surface area contributed by atoms with E-state index in [1.54, 1.807) is 0 Å². The van der Waals surface area contributed by atoms with Crippen molar-refractivity contribution in [3.05, 3.63) is 53.1 Å². The monoisotopic (exact) mass is 466 g/mol. The van der Waals surface area contributed by atoms with Crippen molar-refractivity contribution in [1.29, 1.82) is 0 Å². The second-order valence-electron chi connectivity index (χ2n) is 9.78. The quantitative estimate of drug-likeness (QED) is 0.662. The van der Waals surface area contributed by atoms with Crippen molar-refractivity contribution in [1.82, 2.24) is 14.7 Å². The van der Waals surface area contributed by atoms with E-state index in [0.29, 0.717) is 12.5 Å². The first kappa shape index (κ1) is 22.7. The molecule has 2 aromatic rings. The summed E-state index contributed by atoms with van der Waals surface area (Å²) >= 11 is 6.17. The van der Waals surface area contributed by atoms with Crippen LogP contribution in [0.4, 0.5) is 5.69 Å². The van der Waals surface area contributed by atoms with Gasteiger partial charge < -0.3 is 9.80 Å². The molecule has 2 heterocycles. The van der Waals surface area contributed by atoms with Crippen molar-refractivity contribution >= 4 is 23.2 Å². The molecule has 176 valence electrons. The number of nitrogens with zero attached hydrogens (tertiary/aromatic N) is 4. The van der Waals surface area contributed by atoms with Crippen LogP contribution in [0.1, 0.15) is 24.8 Å². The van der Waals surface area contributed by atoms with Crippen LogP contribution in [0.3, 0.4) is 0 Å². The Morgan fingerprint density at radius 1 is 0.879 bits per heavy atom. The number of amides is 1. The summed E-state index contributed by atoms with van der Waals surface area (Å²) in [5.74, 6) is 0.305. The highest BCUT2D eigenvalue weighted by Crippen LogP contribution is 2.28. The van der Waals surface area contributed by atoms with Crippen molar-refractivity contribution in [3.63, 3.8) is 0 Å². The van der Waals surface area contributed by atoms with Gasteiger partial charge in [0.05, 0.1) is 6.54 Å². The van der Waals surface area contributed by atoms with Crippen LogP contribution in [0.2, 0.25) is 5.02 Å². The van der Waals surface area contributed by atoms with Crippen LogP contribution in [0.25, 0.3) is 11.1 Å². The van der Waals surface area contributed by atoms with Gasteiger partial charge in [-0.1, -0.05) is 36.2 Å². The number of hydrogen-bond donors (Lipinski definition) is 0. The molecule has 0 bridgehead atoms. The van der Waals surface area contributed by atoms with Gasteiger partial charge in [-0.25, -0.2) is 0 Å². The fraction of sp³-hybridized carbons (Fsp3) is 0.519. The van der Waals surface area contributed by atoms with Crippen LogP contribution in [-0.2, 0) is 4.79 Å². The fourth-order valence-corrected chi connectivity index (χ4v) is 5.35. The van der Waals surface area contributed by atoms with Crippen molar-refractivity contribution in [2.75, 3.05) is 63.8 Å². The van der Waals surface area contributed by atoms with Crippen LogP contribution >= 0.6 is 11.6 Å². The minimum Gasteiger partial charge on any atom is -0.369 e. The lowest BCUT2D eigenvalue weighted by Gasteiger charge is -2.43. The van der Waals surface area contributed by atoms with E-state index in [0.717, 1.165) is 69.0 Å². The van der Waals surface area contributed by atoms with Gasteiger partial charge in [0.15, 0.2) is 0 Å². The first-order valence-corrected chi connectivity index (χ1v) is 12.8. The fourth-order valence-electron chi connectivity index (χ4n) is 5.23. The number of carbonyl (C=O) groups excluding carboxylic acids is 1. The second-order valence-corrected chi connectivity index (χ2v) is 10.2. The molecule has 3 aliphatic rings. The van der Waals surface area contributed by atoms with E-state index in [4.69, 9.17) is 11.6 Å². The number of anilines is 1. The molecule has 0 atom stereocenters. The minimum absolute atomic E-state index is 0.305. The molecular weight excluding hydrogens is 432 g/mol. The smallest absolute Gasteiger partial charge is 0.236 e. The van der Waals surface area contributed by atoms with Crippen LogP contribution in [-0.4, -0.2) is 85.6 Å².